The minimum Gasteiger partial charge on any atom is -0.444 e. The standard InChI is InChI=1S/C17H20ClN5O10S2/c1-3-12(24)33-13(15(25)19-11-8-9(21-34(28)29)4-5-10(11)18)14-20-16(26)22(2)17(27)23(14)6-7-35(30,31)32/h4-5,8,13,34H,3,6-7H2,1-2H3,(H,19,25)(H,21,28,29)(H,30,31,32). The summed E-state index contributed by atoms with van der Waals surface area (Å²) in [6, 6.07) is 3.70. The van der Waals surface area contributed by atoms with E-state index in [1.807, 2.05) is 0 Å². The van der Waals surface area contributed by atoms with E-state index in [1.165, 1.54) is 19.1 Å². The molecule has 0 fully saturated rings. The minimum absolute atomic E-state index is 0.0275. The first-order chi connectivity index (χ1) is 16.2. The van der Waals surface area contributed by atoms with Crippen molar-refractivity contribution in [2.45, 2.75) is 26.0 Å². The third-order valence-corrected chi connectivity index (χ3v) is 5.79. The van der Waals surface area contributed by atoms with Crippen molar-refractivity contribution in [3.8, 4) is 0 Å². The Morgan fingerprint density at radius 1 is 1.29 bits per heavy atom. The summed E-state index contributed by atoms with van der Waals surface area (Å²) in [6.45, 7) is 0.661. The van der Waals surface area contributed by atoms with Gasteiger partial charge in [0.25, 0.3) is 16.0 Å². The van der Waals surface area contributed by atoms with Gasteiger partial charge in [-0.05, 0) is 18.2 Å². The van der Waals surface area contributed by atoms with Crippen LogP contribution in [0.3, 0.4) is 0 Å². The lowest BCUT2D eigenvalue weighted by atomic mass is 10.2. The van der Waals surface area contributed by atoms with Crippen LogP contribution >= 0.6 is 11.6 Å². The van der Waals surface area contributed by atoms with Crippen LogP contribution in [0.25, 0.3) is 0 Å². The second kappa shape index (κ2) is 11.4. The summed E-state index contributed by atoms with van der Waals surface area (Å²) in [6.07, 6.45) is -2.25. The molecule has 0 aliphatic rings. The first kappa shape index (κ1) is 28.0. The summed E-state index contributed by atoms with van der Waals surface area (Å²) in [5.41, 5.74) is -2.34. The van der Waals surface area contributed by atoms with E-state index in [2.05, 4.69) is 15.0 Å². The molecule has 2 aromatic rings. The maximum absolute atomic E-state index is 13.1. The normalized spacial score (nSPS) is 12.3. The first-order valence-corrected chi connectivity index (χ1v) is 12.7. The predicted molar refractivity (Wildman–Crippen MR) is 123 cm³/mol. The molecule has 0 saturated heterocycles. The van der Waals surface area contributed by atoms with Crippen LogP contribution in [0, 0.1) is 0 Å². The fourth-order valence-corrected chi connectivity index (χ4v) is 3.57. The quantitative estimate of drug-likeness (QED) is 0.160. The van der Waals surface area contributed by atoms with E-state index in [4.69, 9.17) is 20.9 Å². The molecule has 0 saturated carbocycles. The van der Waals surface area contributed by atoms with Crippen molar-refractivity contribution in [1.82, 2.24) is 14.1 Å². The average molecular weight is 554 g/mol. The molecule has 1 aromatic heterocycles. The topological polar surface area (TPSA) is 213 Å². The lowest BCUT2D eigenvalue weighted by molar-refractivity contribution is -0.155. The molecule has 15 nitrogen and oxygen atoms in total. The number of thiol groups is 1. The second-order valence-corrected chi connectivity index (χ2v) is 9.53. The number of nitrogens with one attached hydrogen (secondary N) is 2. The minimum atomic E-state index is -4.58. The molecule has 1 aromatic carbocycles. The third kappa shape index (κ3) is 7.61. The van der Waals surface area contributed by atoms with E-state index in [1.54, 1.807) is 0 Å². The average Bonchev–Trinajstić information content (AvgIpc) is 2.76. The lowest BCUT2D eigenvalue weighted by Gasteiger charge is -2.21. The monoisotopic (exact) mass is 553 g/mol. The van der Waals surface area contributed by atoms with Gasteiger partial charge >= 0.3 is 17.3 Å². The maximum atomic E-state index is 13.1. The Morgan fingerprint density at radius 3 is 2.51 bits per heavy atom. The predicted octanol–water partition coefficient (Wildman–Crippen LogP) is -0.945. The molecule has 0 radical (unpaired) electrons. The van der Waals surface area contributed by atoms with Gasteiger partial charge in [0.05, 0.1) is 22.2 Å². The molecule has 35 heavy (non-hydrogen) atoms. The van der Waals surface area contributed by atoms with E-state index in [0.717, 1.165) is 13.1 Å². The number of carbonyl (C=O) groups excluding carboxylic acids is 2. The van der Waals surface area contributed by atoms with Crippen LogP contribution < -0.4 is 21.4 Å². The molecular formula is C17H20ClN5O10S2. The molecule has 1 atom stereocenters. The van der Waals surface area contributed by atoms with Gasteiger partial charge in [-0.15, -0.1) is 0 Å². The van der Waals surface area contributed by atoms with E-state index in [-0.39, 0.29) is 22.8 Å². The van der Waals surface area contributed by atoms with Crippen LogP contribution in [0.2, 0.25) is 5.02 Å². The summed E-state index contributed by atoms with van der Waals surface area (Å²) in [5, 5.41) is 2.24. The Morgan fingerprint density at radius 2 is 1.94 bits per heavy atom. The number of halogens is 1. The van der Waals surface area contributed by atoms with Crippen molar-refractivity contribution in [2.24, 2.45) is 7.05 Å². The summed E-state index contributed by atoms with van der Waals surface area (Å²) in [5.74, 6) is -3.79. The summed E-state index contributed by atoms with van der Waals surface area (Å²) in [7, 11) is -6.58. The molecule has 0 aliphatic carbocycles. The van der Waals surface area contributed by atoms with Gasteiger partial charge < -0.3 is 10.1 Å². The fraction of sp³-hybridized carbons (Fsp3) is 0.353. The van der Waals surface area contributed by atoms with E-state index >= 15 is 0 Å². The number of hydrogen-bond acceptors (Lipinski definition) is 10. The van der Waals surface area contributed by atoms with Gasteiger partial charge in [0.1, 0.15) is 0 Å². The van der Waals surface area contributed by atoms with Crippen molar-refractivity contribution < 1.29 is 35.7 Å². The van der Waals surface area contributed by atoms with Crippen LogP contribution in [0.15, 0.2) is 27.8 Å². The number of carbonyl (C=O) groups is 2. The van der Waals surface area contributed by atoms with Crippen molar-refractivity contribution in [2.75, 3.05) is 15.8 Å². The molecule has 0 bridgehead atoms. The number of nitrogens with zero attached hydrogens (tertiary/aromatic N) is 3. The van der Waals surface area contributed by atoms with E-state index < -0.39 is 68.5 Å². The van der Waals surface area contributed by atoms with Crippen LogP contribution in [-0.2, 0) is 48.9 Å². The second-order valence-electron chi connectivity index (χ2n) is 6.81. The highest BCUT2D eigenvalue weighted by Gasteiger charge is 2.31. The number of amides is 1. The van der Waals surface area contributed by atoms with E-state index in [9.17, 15) is 36.0 Å². The Hall–Kier alpha value is -3.28. The smallest absolute Gasteiger partial charge is 0.353 e. The number of aromatic nitrogens is 3. The first-order valence-electron chi connectivity index (χ1n) is 9.57. The zero-order chi connectivity index (χ0) is 26.5. The lowest BCUT2D eigenvalue weighted by Crippen LogP contribution is -2.45. The van der Waals surface area contributed by atoms with Gasteiger partial charge in [-0.2, -0.15) is 13.4 Å². The molecule has 0 aliphatic heterocycles. The molecule has 1 unspecified atom stereocenters. The van der Waals surface area contributed by atoms with Crippen molar-refractivity contribution in [3.05, 3.63) is 50.0 Å². The van der Waals surface area contributed by atoms with Gasteiger partial charge in [-0.1, -0.05) is 18.5 Å². The molecule has 3 N–H and O–H groups in total. The summed E-state index contributed by atoms with van der Waals surface area (Å²) < 4.78 is 61.6. The zero-order valence-corrected chi connectivity index (χ0v) is 20.6. The fourth-order valence-electron chi connectivity index (χ4n) is 2.64. The molecule has 192 valence electrons. The third-order valence-electron chi connectivity index (χ3n) is 4.32. The maximum Gasteiger partial charge on any atom is 0.353 e. The van der Waals surface area contributed by atoms with Gasteiger partial charge in [-0.25, -0.2) is 22.6 Å². The number of hydrogen-bond donors (Lipinski definition) is 4. The number of rotatable bonds is 10. The van der Waals surface area contributed by atoms with Gasteiger partial charge in [-0.3, -0.25) is 23.4 Å². The largest absolute Gasteiger partial charge is 0.444 e. The van der Waals surface area contributed by atoms with Crippen LogP contribution in [0.4, 0.5) is 11.4 Å². The molecule has 18 heteroatoms. The van der Waals surface area contributed by atoms with Crippen molar-refractivity contribution in [3.63, 3.8) is 0 Å². The Bertz CT molecular complexity index is 1440. The van der Waals surface area contributed by atoms with Gasteiger partial charge in [0.15, 0.2) is 5.82 Å². The van der Waals surface area contributed by atoms with Gasteiger partial charge in [0, 0.05) is 20.0 Å². The highest BCUT2D eigenvalue weighted by molar-refractivity contribution is 7.85. The molecule has 0 spiro atoms. The van der Waals surface area contributed by atoms with Crippen LogP contribution in [0.1, 0.15) is 25.3 Å². The molecular weight excluding hydrogens is 534 g/mol. The molecule has 1 heterocycles. The number of ether oxygens (including phenoxy) is 1. The van der Waals surface area contributed by atoms with Gasteiger partial charge in [0.2, 0.25) is 17.0 Å². The highest BCUT2D eigenvalue weighted by Crippen LogP contribution is 2.27. The molecule has 2 rings (SSSR count). The SMILES string of the molecule is CCC(=O)OC(C(=O)Nc1cc(N[SH](=O)=O)ccc1Cl)c1nc(=O)n(C)c(=O)n1CCS(=O)(=O)O. The Balaban J connectivity index is 2.61. The number of esters is 1. The van der Waals surface area contributed by atoms with E-state index in [0.29, 0.717) is 9.13 Å². The number of benzene rings is 1. The zero-order valence-electron chi connectivity index (χ0n) is 18.1. The summed E-state index contributed by atoms with van der Waals surface area (Å²) in [4.78, 5) is 53.5. The highest BCUT2D eigenvalue weighted by atomic mass is 35.5. The Labute approximate surface area is 204 Å². The van der Waals surface area contributed by atoms with Crippen LogP contribution in [0.5, 0.6) is 0 Å². The summed E-state index contributed by atoms with van der Waals surface area (Å²) >= 11 is 6.04. The molecule has 1 amide bonds. The van der Waals surface area contributed by atoms with Crippen molar-refractivity contribution in [1.29, 1.82) is 0 Å². The Kier molecular flexibility index (Phi) is 9.13. The van der Waals surface area contributed by atoms with Crippen LogP contribution in [-0.4, -0.2) is 53.1 Å². The van der Waals surface area contributed by atoms with Crippen molar-refractivity contribution >= 4 is 55.9 Å². The number of anilines is 2.